The van der Waals surface area contributed by atoms with Crippen LogP contribution in [0.25, 0.3) is 0 Å². The Bertz CT molecular complexity index is 710. The van der Waals surface area contributed by atoms with Gasteiger partial charge in [-0.25, -0.2) is 4.39 Å². The molecule has 0 aliphatic heterocycles. The van der Waals surface area contributed by atoms with Gasteiger partial charge in [-0.1, -0.05) is 12.1 Å². The Hall–Kier alpha value is -2.94. The molecule has 0 aromatic heterocycles. The lowest BCUT2D eigenvalue weighted by Crippen LogP contribution is -2.07. The summed E-state index contributed by atoms with van der Waals surface area (Å²) >= 11 is 0. The summed E-state index contributed by atoms with van der Waals surface area (Å²) < 4.78 is 13.0. The Morgan fingerprint density at radius 3 is 2.76 bits per heavy atom. The number of rotatable bonds is 5. The lowest BCUT2D eigenvalue weighted by molar-refractivity contribution is -0.384. The van der Waals surface area contributed by atoms with E-state index in [9.17, 15) is 14.5 Å². The molecule has 0 saturated carbocycles. The van der Waals surface area contributed by atoms with E-state index in [0.717, 1.165) is 5.56 Å². The van der Waals surface area contributed by atoms with Crippen molar-refractivity contribution in [3.63, 3.8) is 0 Å². The number of nitriles is 1. The van der Waals surface area contributed by atoms with Crippen molar-refractivity contribution < 1.29 is 9.31 Å². The second-order valence-corrected chi connectivity index (χ2v) is 4.41. The maximum atomic E-state index is 13.0. The highest BCUT2D eigenvalue weighted by molar-refractivity contribution is 5.64. The molecular formula is C15H12FN3O2. The summed E-state index contributed by atoms with van der Waals surface area (Å²) in [6, 6.07) is 12.3. The predicted molar refractivity (Wildman–Crippen MR) is 76.4 cm³/mol. The van der Waals surface area contributed by atoms with Gasteiger partial charge in [-0.05, 0) is 36.2 Å². The fourth-order valence-corrected chi connectivity index (χ4v) is 1.94. The van der Waals surface area contributed by atoms with Crippen LogP contribution in [0.1, 0.15) is 11.1 Å². The third kappa shape index (κ3) is 3.76. The first-order valence-corrected chi connectivity index (χ1v) is 6.27. The van der Waals surface area contributed by atoms with Crippen molar-refractivity contribution in [2.45, 2.75) is 6.42 Å². The molecule has 2 aromatic carbocycles. The third-order valence-corrected chi connectivity index (χ3v) is 2.94. The molecule has 0 spiro atoms. The zero-order chi connectivity index (χ0) is 15.2. The van der Waals surface area contributed by atoms with Crippen molar-refractivity contribution in [3.8, 4) is 6.07 Å². The molecule has 0 aliphatic carbocycles. The van der Waals surface area contributed by atoms with Crippen LogP contribution in [-0.4, -0.2) is 11.5 Å². The van der Waals surface area contributed by atoms with Crippen LogP contribution in [0.5, 0.6) is 0 Å². The van der Waals surface area contributed by atoms with Crippen molar-refractivity contribution in [1.29, 1.82) is 5.26 Å². The second-order valence-electron chi connectivity index (χ2n) is 4.41. The molecule has 1 N–H and O–H groups in total. The van der Waals surface area contributed by atoms with Crippen LogP contribution >= 0.6 is 0 Å². The summed E-state index contributed by atoms with van der Waals surface area (Å²) in [5.74, 6) is -0.308. The maximum absolute atomic E-state index is 13.0. The molecule has 0 heterocycles. The smallest absolute Gasteiger partial charge is 0.293 e. The van der Waals surface area contributed by atoms with Gasteiger partial charge in [0.25, 0.3) is 5.69 Å². The highest BCUT2D eigenvalue weighted by Gasteiger charge is 2.14. The Labute approximate surface area is 120 Å². The second kappa shape index (κ2) is 6.48. The molecule has 2 rings (SSSR count). The summed E-state index contributed by atoms with van der Waals surface area (Å²) in [5, 5.41) is 22.7. The largest absolute Gasteiger partial charge is 0.379 e. The Balaban J connectivity index is 2.06. The minimum atomic E-state index is -0.536. The monoisotopic (exact) mass is 285 g/mol. The topological polar surface area (TPSA) is 79.0 Å². The molecule has 5 nitrogen and oxygen atoms in total. The highest BCUT2D eigenvalue weighted by Crippen LogP contribution is 2.25. The summed E-state index contributed by atoms with van der Waals surface area (Å²) in [5.41, 5.74) is 1.24. The van der Waals surface area contributed by atoms with Crippen molar-refractivity contribution in [2.75, 3.05) is 11.9 Å². The number of anilines is 1. The molecule has 0 aliphatic rings. The molecule has 0 fully saturated rings. The van der Waals surface area contributed by atoms with E-state index in [1.54, 1.807) is 12.1 Å². The van der Waals surface area contributed by atoms with Gasteiger partial charge in [-0.2, -0.15) is 5.26 Å². The normalized spacial score (nSPS) is 9.90. The summed E-state index contributed by atoms with van der Waals surface area (Å²) in [4.78, 5) is 10.4. The van der Waals surface area contributed by atoms with Gasteiger partial charge in [0.15, 0.2) is 0 Å². The molecule has 0 bridgehead atoms. The molecule has 0 saturated heterocycles. The number of hydrogen-bond donors (Lipinski definition) is 1. The van der Waals surface area contributed by atoms with Crippen molar-refractivity contribution in [3.05, 3.63) is 69.5 Å². The number of benzene rings is 2. The third-order valence-electron chi connectivity index (χ3n) is 2.94. The van der Waals surface area contributed by atoms with E-state index >= 15 is 0 Å². The van der Waals surface area contributed by atoms with Crippen molar-refractivity contribution >= 4 is 11.4 Å². The van der Waals surface area contributed by atoms with Crippen LogP contribution in [0, 0.1) is 27.3 Å². The van der Waals surface area contributed by atoms with E-state index in [2.05, 4.69) is 5.32 Å². The van der Waals surface area contributed by atoms with E-state index in [0.29, 0.717) is 18.7 Å². The number of nitrogens with one attached hydrogen (secondary N) is 1. The SMILES string of the molecule is N#Cc1ccc(NCCc2cccc(F)c2)c([N+](=O)[O-])c1. The zero-order valence-corrected chi connectivity index (χ0v) is 11.0. The standard InChI is InChI=1S/C15H12FN3O2/c16-13-3-1-2-11(8-13)6-7-18-14-5-4-12(10-17)9-15(14)19(20)21/h1-5,8-9,18H,6-7H2. The average molecular weight is 285 g/mol. The van der Waals surface area contributed by atoms with Gasteiger partial charge in [0.2, 0.25) is 0 Å². The van der Waals surface area contributed by atoms with Crippen LogP contribution in [0.15, 0.2) is 42.5 Å². The maximum Gasteiger partial charge on any atom is 0.293 e. The van der Waals surface area contributed by atoms with Crippen LogP contribution in [0.2, 0.25) is 0 Å². The molecule has 0 unspecified atom stereocenters. The van der Waals surface area contributed by atoms with Gasteiger partial charge in [0.05, 0.1) is 16.6 Å². The van der Waals surface area contributed by atoms with Crippen molar-refractivity contribution in [1.82, 2.24) is 0 Å². The predicted octanol–water partition coefficient (Wildman–Crippen LogP) is 3.26. The van der Waals surface area contributed by atoms with E-state index in [4.69, 9.17) is 5.26 Å². The first-order chi connectivity index (χ1) is 10.1. The zero-order valence-electron chi connectivity index (χ0n) is 11.0. The average Bonchev–Trinajstić information content (AvgIpc) is 2.47. The van der Waals surface area contributed by atoms with Crippen LogP contribution in [0.4, 0.5) is 15.8 Å². The number of halogens is 1. The lowest BCUT2D eigenvalue weighted by atomic mass is 10.1. The Morgan fingerprint density at radius 2 is 2.10 bits per heavy atom. The molecule has 0 radical (unpaired) electrons. The molecule has 6 heteroatoms. The van der Waals surface area contributed by atoms with Crippen LogP contribution in [0.3, 0.4) is 0 Å². The molecular weight excluding hydrogens is 273 g/mol. The lowest BCUT2D eigenvalue weighted by Gasteiger charge is -2.07. The molecule has 21 heavy (non-hydrogen) atoms. The van der Waals surface area contributed by atoms with Gasteiger partial charge in [0, 0.05) is 12.6 Å². The van der Waals surface area contributed by atoms with E-state index < -0.39 is 4.92 Å². The number of hydrogen-bond acceptors (Lipinski definition) is 4. The molecule has 2 aromatic rings. The first kappa shape index (κ1) is 14.5. The van der Waals surface area contributed by atoms with E-state index in [1.165, 1.54) is 30.3 Å². The van der Waals surface area contributed by atoms with Crippen LogP contribution in [-0.2, 0) is 6.42 Å². The Kier molecular flexibility index (Phi) is 4.46. The van der Waals surface area contributed by atoms with Crippen LogP contribution < -0.4 is 5.32 Å². The minimum Gasteiger partial charge on any atom is -0.379 e. The van der Waals surface area contributed by atoms with Gasteiger partial charge in [0.1, 0.15) is 11.5 Å². The summed E-state index contributed by atoms with van der Waals surface area (Å²) in [6.45, 7) is 0.427. The minimum absolute atomic E-state index is 0.145. The summed E-state index contributed by atoms with van der Waals surface area (Å²) in [6.07, 6.45) is 0.537. The quantitative estimate of drug-likeness (QED) is 0.675. The fourth-order valence-electron chi connectivity index (χ4n) is 1.94. The van der Waals surface area contributed by atoms with Crippen molar-refractivity contribution in [2.24, 2.45) is 0 Å². The Morgan fingerprint density at radius 1 is 1.29 bits per heavy atom. The first-order valence-electron chi connectivity index (χ1n) is 6.27. The highest BCUT2D eigenvalue weighted by atomic mass is 19.1. The van der Waals surface area contributed by atoms with Gasteiger partial charge < -0.3 is 5.32 Å². The molecule has 0 amide bonds. The molecule has 106 valence electrons. The number of nitrogens with zero attached hydrogens (tertiary/aromatic N) is 2. The molecule has 0 atom stereocenters. The van der Waals surface area contributed by atoms with Gasteiger partial charge in [-0.3, -0.25) is 10.1 Å². The van der Waals surface area contributed by atoms with E-state index in [-0.39, 0.29) is 17.1 Å². The number of nitro benzene ring substituents is 1. The van der Waals surface area contributed by atoms with Gasteiger partial charge >= 0.3 is 0 Å². The van der Waals surface area contributed by atoms with Gasteiger partial charge in [-0.15, -0.1) is 0 Å². The summed E-state index contributed by atoms with van der Waals surface area (Å²) in [7, 11) is 0. The van der Waals surface area contributed by atoms with E-state index in [1.807, 2.05) is 6.07 Å². The fraction of sp³-hybridized carbons (Fsp3) is 0.133. The number of nitro groups is 1.